The minimum atomic E-state index is -0.157. The van der Waals surface area contributed by atoms with Crippen LogP contribution in [0.3, 0.4) is 0 Å². The van der Waals surface area contributed by atoms with E-state index in [1.54, 1.807) is 0 Å². The van der Waals surface area contributed by atoms with Crippen molar-refractivity contribution in [1.82, 2.24) is 15.1 Å². The van der Waals surface area contributed by atoms with Crippen molar-refractivity contribution in [2.75, 3.05) is 40.3 Å². The van der Waals surface area contributed by atoms with E-state index in [0.717, 1.165) is 50.5 Å². The fraction of sp³-hybridized carbons (Fsp3) is 0.632. The van der Waals surface area contributed by atoms with E-state index in [-0.39, 0.29) is 11.9 Å². The molecule has 0 spiro atoms. The van der Waals surface area contributed by atoms with Crippen LogP contribution in [0.15, 0.2) is 30.3 Å². The van der Waals surface area contributed by atoms with Crippen LogP contribution in [0.25, 0.3) is 0 Å². The lowest BCUT2D eigenvalue weighted by atomic mass is 9.92. The van der Waals surface area contributed by atoms with Gasteiger partial charge in [-0.3, -0.25) is 9.69 Å². The van der Waals surface area contributed by atoms with E-state index in [2.05, 4.69) is 34.2 Å². The van der Waals surface area contributed by atoms with Crippen LogP contribution in [0.5, 0.6) is 0 Å². The highest BCUT2D eigenvalue weighted by atomic mass is 16.2. The Bertz CT molecular complexity index is 469. The number of piperidine rings is 1. The Morgan fingerprint density at radius 3 is 2.52 bits per heavy atom. The van der Waals surface area contributed by atoms with Gasteiger partial charge in [0.25, 0.3) is 0 Å². The number of rotatable bonds is 7. The van der Waals surface area contributed by atoms with E-state index in [0.29, 0.717) is 0 Å². The third-order valence-electron chi connectivity index (χ3n) is 5.02. The molecule has 1 N–H and O–H groups in total. The van der Waals surface area contributed by atoms with Gasteiger partial charge >= 0.3 is 0 Å². The highest BCUT2D eigenvalue weighted by Gasteiger charge is 2.31. The van der Waals surface area contributed by atoms with Crippen molar-refractivity contribution in [3.63, 3.8) is 0 Å². The molecule has 1 fully saturated rings. The van der Waals surface area contributed by atoms with Crippen molar-refractivity contribution in [3.8, 4) is 0 Å². The monoisotopic (exact) mass is 317 g/mol. The van der Waals surface area contributed by atoms with Gasteiger partial charge in [-0.25, -0.2) is 0 Å². The first-order valence-electron chi connectivity index (χ1n) is 8.86. The standard InChI is InChI=1S/C19H31N3O/c1-4-21(3)18(17-8-6-5-7-9-17)19(23)22-14-11-16(12-15-22)10-13-20-2/h5-9,16,18,20H,4,10-15H2,1-3H3. The lowest BCUT2D eigenvalue weighted by Crippen LogP contribution is -2.45. The largest absolute Gasteiger partial charge is 0.341 e. The van der Waals surface area contributed by atoms with E-state index in [1.165, 1.54) is 6.42 Å². The second-order valence-electron chi connectivity index (χ2n) is 6.55. The minimum absolute atomic E-state index is 0.157. The molecule has 1 unspecified atom stereocenters. The summed E-state index contributed by atoms with van der Waals surface area (Å²) in [6, 6.07) is 10.0. The summed E-state index contributed by atoms with van der Waals surface area (Å²) in [5.74, 6) is 1.01. The summed E-state index contributed by atoms with van der Waals surface area (Å²) in [7, 11) is 4.04. The zero-order chi connectivity index (χ0) is 16.7. The van der Waals surface area contributed by atoms with Gasteiger partial charge in [0.15, 0.2) is 0 Å². The summed E-state index contributed by atoms with van der Waals surface area (Å²) in [6.45, 7) is 5.84. The first kappa shape index (κ1) is 18.0. The van der Waals surface area contributed by atoms with Crippen molar-refractivity contribution >= 4 is 5.91 Å². The van der Waals surface area contributed by atoms with Crippen LogP contribution in [0.4, 0.5) is 0 Å². The van der Waals surface area contributed by atoms with Gasteiger partial charge in [-0.15, -0.1) is 0 Å². The van der Waals surface area contributed by atoms with Gasteiger partial charge in [0, 0.05) is 13.1 Å². The SMILES string of the molecule is CCN(C)C(C(=O)N1CCC(CCNC)CC1)c1ccccc1. The van der Waals surface area contributed by atoms with Gasteiger partial charge < -0.3 is 10.2 Å². The Morgan fingerprint density at radius 1 is 1.30 bits per heavy atom. The summed E-state index contributed by atoms with van der Waals surface area (Å²) < 4.78 is 0. The van der Waals surface area contributed by atoms with E-state index in [4.69, 9.17) is 0 Å². The molecule has 1 aromatic carbocycles. The molecule has 128 valence electrons. The number of carbonyl (C=O) groups excluding carboxylic acids is 1. The molecule has 1 atom stereocenters. The summed E-state index contributed by atoms with van der Waals surface area (Å²) >= 11 is 0. The number of nitrogens with one attached hydrogen (secondary N) is 1. The number of hydrogen-bond donors (Lipinski definition) is 1. The highest BCUT2D eigenvalue weighted by molar-refractivity contribution is 5.83. The molecule has 0 radical (unpaired) electrons. The van der Waals surface area contributed by atoms with E-state index < -0.39 is 0 Å². The van der Waals surface area contributed by atoms with Crippen LogP contribution in [-0.2, 0) is 4.79 Å². The fourth-order valence-corrected chi connectivity index (χ4v) is 3.37. The van der Waals surface area contributed by atoms with Crippen molar-refractivity contribution in [2.45, 2.75) is 32.2 Å². The Morgan fingerprint density at radius 2 is 1.96 bits per heavy atom. The number of hydrogen-bond acceptors (Lipinski definition) is 3. The van der Waals surface area contributed by atoms with Crippen molar-refractivity contribution in [1.29, 1.82) is 0 Å². The average Bonchev–Trinajstić information content (AvgIpc) is 2.61. The number of likely N-dealkylation sites (N-methyl/N-ethyl adjacent to an activating group) is 1. The maximum Gasteiger partial charge on any atom is 0.244 e. The molecular formula is C19H31N3O. The molecule has 1 heterocycles. The van der Waals surface area contributed by atoms with Crippen molar-refractivity contribution < 1.29 is 4.79 Å². The van der Waals surface area contributed by atoms with Crippen LogP contribution in [-0.4, -0.2) is 56.0 Å². The van der Waals surface area contributed by atoms with Crippen LogP contribution >= 0.6 is 0 Å². The zero-order valence-electron chi connectivity index (χ0n) is 14.8. The predicted molar refractivity (Wildman–Crippen MR) is 95.3 cm³/mol. The van der Waals surface area contributed by atoms with Gasteiger partial charge in [-0.1, -0.05) is 37.3 Å². The molecule has 1 amide bonds. The molecule has 4 heteroatoms. The van der Waals surface area contributed by atoms with Gasteiger partial charge in [0.05, 0.1) is 0 Å². The number of nitrogens with zero attached hydrogens (tertiary/aromatic N) is 2. The van der Waals surface area contributed by atoms with E-state index >= 15 is 0 Å². The predicted octanol–water partition coefficient (Wildman–Crippen LogP) is 2.53. The van der Waals surface area contributed by atoms with Crippen LogP contribution in [0, 0.1) is 5.92 Å². The Hall–Kier alpha value is -1.39. The fourth-order valence-electron chi connectivity index (χ4n) is 3.37. The highest BCUT2D eigenvalue weighted by Crippen LogP contribution is 2.26. The van der Waals surface area contributed by atoms with Crippen molar-refractivity contribution in [2.24, 2.45) is 5.92 Å². The molecular weight excluding hydrogens is 286 g/mol. The topological polar surface area (TPSA) is 35.6 Å². The average molecular weight is 317 g/mol. The van der Waals surface area contributed by atoms with E-state index in [1.807, 2.05) is 32.3 Å². The quantitative estimate of drug-likeness (QED) is 0.839. The van der Waals surface area contributed by atoms with E-state index in [9.17, 15) is 4.79 Å². The molecule has 23 heavy (non-hydrogen) atoms. The first-order valence-corrected chi connectivity index (χ1v) is 8.86. The van der Waals surface area contributed by atoms with Gasteiger partial charge in [0.2, 0.25) is 5.91 Å². The molecule has 4 nitrogen and oxygen atoms in total. The summed E-state index contributed by atoms with van der Waals surface area (Å²) in [5.41, 5.74) is 1.10. The van der Waals surface area contributed by atoms with Gasteiger partial charge in [0.1, 0.15) is 6.04 Å². The smallest absolute Gasteiger partial charge is 0.244 e. The molecule has 0 aliphatic carbocycles. The van der Waals surface area contributed by atoms with Crippen LogP contribution in [0.2, 0.25) is 0 Å². The Kier molecular flexibility index (Phi) is 7.06. The third kappa shape index (κ3) is 4.79. The second kappa shape index (κ2) is 9.04. The maximum atomic E-state index is 13.1. The van der Waals surface area contributed by atoms with Gasteiger partial charge in [-0.2, -0.15) is 0 Å². The molecule has 1 aromatic rings. The molecule has 1 aliphatic heterocycles. The third-order valence-corrected chi connectivity index (χ3v) is 5.02. The van der Waals surface area contributed by atoms with Crippen LogP contribution < -0.4 is 5.32 Å². The second-order valence-corrected chi connectivity index (χ2v) is 6.55. The lowest BCUT2D eigenvalue weighted by molar-refractivity contribution is -0.138. The molecule has 0 saturated carbocycles. The normalized spacial score (nSPS) is 17.5. The number of benzene rings is 1. The molecule has 2 rings (SSSR count). The van der Waals surface area contributed by atoms with Gasteiger partial charge in [-0.05, 0) is 57.9 Å². The molecule has 0 aromatic heterocycles. The number of carbonyl (C=O) groups is 1. The summed E-state index contributed by atoms with van der Waals surface area (Å²) in [4.78, 5) is 17.3. The zero-order valence-corrected chi connectivity index (χ0v) is 14.8. The van der Waals surface area contributed by atoms with Crippen LogP contribution in [0.1, 0.15) is 37.8 Å². The summed E-state index contributed by atoms with van der Waals surface area (Å²) in [6.07, 6.45) is 3.48. The molecule has 1 saturated heterocycles. The Balaban J connectivity index is 2.02. The molecule has 1 aliphatic rings. The number of amides is 1. The first-order chi connectivity index (χ1) is 11.2. The lowest BCUT2D eigenvalue weighted by Gasteiger charge is -2.36. The maximum absolute atomic E-state index is 13.1. The van der Waals surface area contributed by atoms with Crippen molar-refractivity contribution in [3.05, 3.63) is 35.9 Å². The Labute approximate surface area is 140 Å². The number of likely N-dealkylation sites (tertiary alicyclic amines) is 1. The summed E-state index contributed by atoms with van der Waals surface area (Å²) in [5, 5.41) is 3.22. The molecule has 0 bridgehead atoms. The minimum Gasteiger partial charge on any atom is -0.341 e.